The van der Waals surface area contributed by atoms with Gasteiger partial charge in [-0.3, -0.25) is 19.0 Å². The first kappa shape index (κ1) is 18.6. The first-order valence-electron chi connectivity index (χ1n) is 8.95. The Balaban J connectivity index is 1.92. The number of carbonyl (C=O) groups excluding carboxylic acids is 2. The van der Waals surface area contributed by atoms with Gasteiger partial charge in [0.2, 0.25) is 5.91 Å². The lowest BCUT2D eigenvalue weighted by molar-refractivity contribution is -0.131. The Bertz CT molecular complexity index is 927. The van der Waals surface area contributed by atoms with Crippen LogP contribution in [0.5, 0.6) is 0 Å². The number of carbonyl (C=O) groups is 2. The minimum Gasteiger partial charge on any atom is -0.342 e. The third-order valence-electron chi connectivity index (χ3n) is 4.94. The summed E-state index contributed by atoms with van der Waals surface area (Å²) in [6.45, 7) is 7.56. The molecule has 0 fully saturated rings. The average Bonchev–Trinajstić information content (AvgIpc) is 3.20. The molecule has 0 N–H and O–H groups in total. The molecular formula is C18H24N4O3S. The van der Waals surface area contributed by atoms with E-state index in [0.29, 0.717) is 40.3 Å². The molecule has 2 aromatic rings. The molecule has 7 nitrogen and oxygen atoms in total. The van der Waals surface area contributed by atoms with Gasteiger partial charge < -0.3 is 9.80 Å². The molecule has 26 heavy (non-hydrogen) atoms. The normalized spacial score (nSPS) is 13.1. The van der Waals surface area contributed by atoms with Gasteiger partial charge in [0.1, 0.15) is 10.7 Å². The van der Waals surface area contributed by atoms with Crippen molar-refractivity contribution in [2.75, 3.05) is 26.7 Å². The van der Waals surface area contributed by atoms with Crippen molar-refractivity contribution in [2.24, 2.45) is 0 Å². The Morgan fingerprint density at radius 3 is 2.62 bits per heavy atom. The van der Waals surface area contributed by atoms with E-state index in [9.17, 15) is 14.4 Å². The van der Waals surface area contributed by atoms with E-state index in [0.717, 1.165) is 18.7 Å². The zero-order chi connectivity index (χ0) is 19.0. The Kier molecular flexibility index (Phi) is 5.13. The fourth-order valence-electron chi connectivity index (χ4n) is 3.40. The highest BCUT2D eigenvalue weighted by atomic mass is 32.1. The summed E-state index contributed by atoms with van der Waals surface area (Å²) in [6.07, 6.45) is 1.73. The molecule has 0 atom stereocenters. The maximum atomic E-state index is 12.9. The molecule has 2 amide bonds. The SMILES string of the molecule is CCN(CC)C(=O)CN(C)C(=O)c1sc2nc3n(c(=O)c2c1C)CCC3. The Labute approximate surface area is 156 Å². The summed E-state index contributed by atoms with van der Waals surface area (Å²) in [4.78, 5) is 46.7. The molecule has 2 aromatic heterocycles. The van der Waals surface area contributed by atoms with Crippen molar-refractivity contribution in [1.82, 2.24) is 19.4 Å². The molecule has 0 saturated carbocycles. The molecule has 3 rings (SSSR count). The highest BCUT2D eigenvalue weighted by molar-refractivity contribution is 7.20. The predicted molar refractivity (Wildman–Crippen MR) is 102 cm³/mol. The fraction of sp³-hybridized carbons (Fsp3) is 0.556. The number of aryl methyl sites for hydroxylation is 2. The third kappa shape index (κ3) is 3.02. The van der Waals surface area contributed by atoms with E-state index < -0.39 is 0 Å². The second-order valence-corrected chi connectivity index (χ2v) is 7.55. The quantitative estimate of drug-likeness (QED) is 0.795. The number of fused-ring (bicyclic) bond motifs is 2. The summed E-state index contributed by atoms with van der Waals surface area (Å²) in [7, 11) is 1.62. The molecule has 140 valence electrons. The van der Waals surface area contributed by atoms with Crippen LogP contribution in [0.1, 0.15) is 41.3 Å². The Morgan fingerprint density at radius 2 is 1.96 bits per heavy atom. The topological polar surface area (TPSA) is 75.5 Å². The van der Waals surface area contributed by atoms with Crippen LogP contribution in [-0.2, 0) is 17.8 Å². The third-order valence-corrected chi connectivity index (χ3v) is 6.11. The van der Waals surface area contributed by atoms with Crippen molar-refractivity contribution < 1.29 is 9.59 Å². The molecule has 0 saturated heterocycles. The van der Waals surface area contributed by atoms with E-state index in [2.05, 4.69) is 4.98 Å². The number of hydrogen-bond donors (Lipinski definition) is 0. The molecule has 8 heteroatoms. The van der Waals surface area contributed by atoms with E-state index >= 15 is 0 Å². The molecule has 0 bridgehead atoms. The highest BCUT2D eigenvalue weighted by Crippen LogP contribution is 2.29. The molecule has 0 spiro atoms. The molecule has 1 aliphatic rings. The van der Waals surface area contributed by atoms with Gasteiger partial charge in [-0.15, -0.1) is 11.3 Å². The number of aromatic nitrogens is 2. The number of hydrogen-bond acceptors (Lipinski definition) is 5. The van der Waals surface area contributed by atoms with Gasteiger partial charge in [0, 0.05) is 33.1 Å². The fourth-order valence-corrected chi connectivity index (χ4v) is 4.59. The van der Waals surface area contributed by atoms with Crippen molar-refractivity contribution in [1.29, 1.82) is 0 Å². The largest absolute Gasteiger partial charge is 0.342 e. The summed E-state index contributed by atoms with van der Waals surface area (Å²) in [5.41, 5.74) is 0.606. The van der Waals surface area contributed by atoms with Crippen molar-refractivity contribution in [3.8, 4) is 0 Å². The predicted octanol–water partition coefficient (Wildman–Crippen LogP) is 1.65. The second kappa shape index (κ2) is 7.19. The minimum absolute atomic E-state index is 0.0249. The van der Waals surface area contributed by atoms with Gasteiger partial charge >= 0.3 is 0 Å². The van der Waals surface area contributed by atoms with E-state index in [1.54, 1.807) is 23.4 Å². The number of thiophene rings is 1. The smallest absolute Gasteiger partial charge is 0.264 e. The average molecular weight is 376 g/mol. The van der Waals surface area contributed by atoms with Gasteiger partial charge in [0.05, 0.1) is 16.8 Å². The van der Waals surface area contributed by atoms with Crippen LogP contribution < -0.4 is 5.56 Å². The maximum absolute atomic E-state index is 12.9. The standard InChI is InChI=1S/C18H24N4O3S/c1-5-21(6-2)13(23)10-20(4)18(25)15-11(3)14-16(26-15)19-12-8-7-9-22(12)17(14)24/h5-10H2,1-4H3. The summed E-state index contributed by atoms with van der Waals surface area (Å²) in [5, 5.41) is 0.535. The lowest BCUT2D eigenvalue weighted by Gasteiger charge is -2.23. The minimum atomic E-state index is -0.240. The lowest BCUT2D eigenvalue weighted by atomic mass is 10.2. The Hall–Kier alpha value is -2.22. The summed E-state index contributed by atoms with van der Waals surface area (Å²) in [5.74, 6) is 0.477. The lowest BCUT2D eigenvalue weighted by Crippen LogP contribution is -2.41. The van der Waals surface area contributed by atoms with Crippen molar-refractivity contribution in [3.05, 3.63) is 26.6 Å². The van der Waals surface area contributed by atoms with E-state index in [1.807, 2.05) is 13.8 Å². The van der Waals surface area contributed by atoms with E-state index in [1.165, 1.54) is 16.2 Å². The number of rotatable bonds is 5. The van der Waals surface area contributed by atoms with E-state index in [4.69, 9.17) is 0 Å². The number of likely N-dealkylation sites (N-methyl/N-ethyl adjacent to an activating group) is 2. The summed E-state index contributed by atoms with van der Waals surface area (Å²) < 4.78 is 1.71. The van der Waals surface area contributed by atoms with Crippen LogP contribution >= 0.6 is 11.3 Å². The molecule has 3 heterocycles. The number of amides is 2. The summed E-state index contributed by atoms with van der Waals surface area (Å²) >= 11 is 1.25. The molecule has 0 aromatic carbocycles. The van der Waals surface area contributed by atoms with Gasteiger partial charge in [-0.25, -0.2) is 4.98 Å². The van der Waals surface area contributed by atoms with Crippen molar-refractivity contribution in [3.63, 3.8) is 0 Å². The zero-order valence-electron chi connectivity index (χ0n) is 15.7. The van der Waals surface area contributed by atoms with Crippen LogP contribution in [0.2, 0.25) is 0 Å². The maximum Gasteiger partial charge on any atom is 0.264 e. The van der Waals surface area contributed by atoms with Crippen LogP contribution in [0.4, 0.5) is 0 Å². The van der Waals surface area contributed by atoms with Gasteiger partial charge in [-0.1, -0.05) is 0 Å². The Morgan fingerprint density at radius 1 is 1.27 bits per heavy atom. The monoisotopic (exact) mass is 376 g/mol. The van der Waals surface area contributed by atoms with Crippen LogP contribution in [-0.4, -0.2) is 57.8 Å². The van der Waals surface area contributed by atoms with Gasteiger partial charge in [-0.05, 0) is 32.8 Å². The van der Waals surface area contributed by atoms with E-state index in [-0.39, 0.29) is 23.9 Å². The zero-order valence-corrected chi connectivity index (χ0v) is 16.5. The van der Waals surface area contributed by atoms with Crippen LogP contribution in [0.25, 0.3) is 10.2 Å². The van der Waals surface area contributed by atoms with Crippen LogP contribution in [0.15, 0.2) is 4.79 Å². The van der Waals surface area contributed by atoms with Gasteiger partial charge in [0.15, 0.2) is 0 Å². The number of nitrogens with zero attached hydrogens (tertiary/aromatic N) is 4. The van der Waals surface area contributed by atoms with Gasteiger partial charge in [-0.2, -0.15) is 0 Å². The van der Waals surface area contributed by atoms with Crippen molar-refractivity contribution >= 4 is 33.4 Å². The summed E-state index contributed by atoms with van der Waals surface area (Å²) in [6, 6.07) is 0. The molecule has 1 aliphatic heterocycles. The van der Waals surface area contributed by atoms with Gasteiger partial charge in [0.25, 0.3) is 11.5 Å². The highest BCUT2D eigenvalue weighted by Gasteiger charge is 2.26. The second-order valence-electron chi connectivity index (χ2n) is 6.55. The molecule has 0 radical (unpaired) electrons. The molecular weight excluding hydrogens is 352 g/mol. The first-order valence-corrected chi connectivity index (χ1v) is 9.76. The van der Waals surface area contributed by atoms with Crippen molar-refractivity contribution in [2.45, 2.75) is 40.2 Å². The molecule has 0 unspecified atom stereocenters. The van der Waals surface area contributed by atoms with Crippen LogP contribution in [0.3, 0.4) is 0 Å². The molecule has 0 aliphatic carbocycles. The first-order chi connectivity index (χ1) is 12.4. The van der Waals surface area contributed by atoms with Crippen LogP contribution in [0, 0.1) is 6.92 Å².